The average molecular weight is 209 g/mol. The highest BCUT2D eigenvalue weighted by Crippen LogP contribution is 1.98. The maximum Gasteiger partial charge on any atom is 0.307 e. The first kappa shape index (κ1) is 13.7. The zero-order valence-electron chi connectivity index (χ0n) is 9.36. The van der Waals surface area contributed by atoms with E-state index in [1.807, 2.05) is 18.2 Å². The molecule has 0 aliphatic carbocycles. The van der Waals surface area contributed by atoms with Gasteiger partial charge >= 0.3 is 5.97 Å². The van der Waals surface area contributed by atoms with Gasteiger partial charge in [0, 0.05) is 0 Å². The number of hydrogen-bond acceptors (Lipinski definition) is 2. The van der Waals surface area contributed by atoms with Gasteiger partial charge in [0.15, 0.2) is 0 Å². The molecule has 3 heteroatoms. The van der Waals surface area contributed by atoms with Crippen molar-refractivity contribution in [3.05, 3.63) is 35.9 Å². The molecule has 0 saturated carbocycles. The van der Waals surface area contributed by atoms with Crippen LogP contribution >= 0.6 is 0 Å². The lowest BCUT2D eigenvalue weighted by Gasteiger charge is -1.92. The van der Waals surface area contributed by atoms with Crippen molar-refractivity contribution in [1.29, 1.82) is 0 Å². The van der Waals surface area contributed by atoms with Crippen molar-refractivity contribution < 1.29 is 9.90 Å². The molecule has 0 heterocycles. The molecule has 0 radical (unpaired) electrons. The first-order chi connectivity index (χ1) is 7.20. The molecule has 2 N–H and O–H groups in total. The molecule has 84 valence electrons. The van der Waals surface area contributed by atoms with E-state index in [1.54, 1.807) is 12.1 Å². The highest BCUT2D eigenvalue weighted by molar-refractivity contribution is 5.70. The number of rotatable bonds is 4. The molecule has 0 aromatic heterocycles. The molecule has 3 nitrogen and oxygen atoms in total. The average Bonchev–Trinajstić information content (AvgIpc) is 2.20. The first-order valence-electron chi connectivity index (χ1n) is 5.17. The number of carboxylic acids is 1. The summed E-state index contributed by atoms with van der Waals surface area (Å²) >= 11 is 0. The van der Waals surface area contributed by atoms with Crippen molar-refractivity contribution in [2.45, 2.75) is 20.3 Å². The molecule has 0 amide bonds. The highest BCUT2D eigenvalue weighted by Gasteiger charge is 1.96. The van der Waals surface area contributed by atoms with Gasteiger partial charge in [-0.1, -0.05) is 44.2 Å². The van der Waals surface area contributed by atoms with Gasteiger partial charge in [0.25, 0.3) is 0 Å². The van der Waals surface area contributed by atoms with Crippen LogP contribution in [0.5, 0.6) is 0 Å². The number of nitrogens with one attached hydrogen (secondary N) is 1. The van der Waals surface area contributed by atoms with Crippen molar-refractivity contribution in [2.75, 3.05) is 13.1 Å². The van der Waals surface area contributed by atoms with E-state index < -0.39 is 5.97 Å². The maximum atomic E-state index is 10.2. The lowest BCUT2D eigenvalue weighted by molar-refractivity contribution is -0.136. The smallest absolute Gasteiger partial charge is 0.307 e. The van der Waals surface area contributed by atoms with Gasteiger partial charge in [-0.05, 0) is 18.7 Å². The second-order valence-electron chi connectivity index (χ2n) is 3.01. The van der Waals surface area contributed by atoms with Crippen LogP contribution in [0.2, 0.25) is 0 Å². The standard InChI is InChI=1S/C8H8O2.C4H11N/c9-8(10)6-7-4-2-1-3-5-7;1-3-5-4-2/h1-5H,6H2,(H,9,10);5H,3-4H2,1-2H3. The fraction of sp³-hybridized carbons (Fsp3) is 0.417. The van der Waals surface area contributed by atoms with Gasteiger partial charge < -0.3 is 10.4 Å². The molecule has 0 saturated heterocycles. The number of hydrogen-bond donors (Lipinski definition) is 2. The Kier molecular flexibility index (Phi) is 8.39. The quantitative estimate of drug-likeness (QED) is 0.796. The predicted octanol–water partition coefficient (Wildman–Crippen LogP) is 1.93. The number of benzene rings is 1. The third-order valence-electron chi connectivity index (χ3n) is 1.70. The third kappa shape index (κ3) is 8.97. The number of carboxylic acid groups (broad SMARTS) is 1. The van der Waals surface area contributed by atoms with Crippen LogP contribution in [-0.2, 0) is 11.2 Å². The lowest BCUT2D eigenvalue weighted by atomic mass is 10.2. The minimum absolute atomic E-state index is 0.112. The Morgan fingerprint density at radius 1 is 1.20 bits per heavy atom. The Bertz CT molecular complexity index is 258. The van der Waals surface area contributed by atoms with Gasteiger partial charge in [0.2, 0.25) is 0 Å². The Morgan fingerprint density at radius 3 is 2.07 bits per heavy atom. The van der Waals surface area contributed by atoms with Crippen LogP contribution in [0.1, 0.15) is 19.4 Å². The lowest BCUT2D eigenvalue weighted by Crippen LogP contribution is -2.09. The van der Waals surface area contributed by atoms with Crippen LogP contribution in [0.15, 0.2) is 30.3 Å². The molecule has 0 aliphatic heterocycles. The number of carbonyl (C=O) groups is 1. The second-order valence-corrected chi connectivity index (χ2v) is 3.01. The Balaban J connectivity index is 0.000000336. The molecule has 0 atom stereocenters. The Morgan fingerprint density at radius 2 is 1.73 bits per heavy atom. The van der Waals surface area contributed by atoms with E-state index in [0.717, 1.165) is 18.7 Å². The summed E-state index contributed by atoms with van der Waals surface area (Å²) in [5, 5.41) is 11.5. The van der Waals surface area contributed by atoms with E-state index >= 15 is 0 Å². The summed E-state index contributed by atoms with van der Waals surface area (Å²) in [6.07, 6.45) is 0.112. The van der Waals surface area contributed by atoms with Crippen LogP contribution in [0, 0.1) is 0 Å². The van der Waals surface area contributed by atoms with E-state index in [9.17, 15) is 4.79 Å². The normalized spacial score (nSPS) is 8.93. The fourth-order valence-corrected chi connectivity index (χ4v) is 1.02. The molecular weight excluding hydrogens is 190 g/mol. The van der Waals surface area contributed by atoms with Gasteiger partial charge in [0.05, 0.1) is 6.42 Å². The topological polar surface area (TPSA) is 49.3 Å². The molecule has 0 aliphatic rings. The Labute approximate surface area is 91.1 Å². The van der Waals surface area contributed by atoms with Crippen molar-refractivity contribution >= 4 is 5.97 Å². The summed E-state index contributed by atoms with van der Waals surface area (Å²) in [4.78, 5) is 10.2. The second kappa shape index (κ2) is 9.21. The molecule has 1 rings (SSSR count). The van der Waals surface area contributed by atoms with Crippen LogP contribution in [0.25, 0.3) is 0 Å². The first-order valence-corrected chi connectivity index (χ1v) is 5.17. The van der Waals surface area contributed by atoms with Gasteiger partial charge in [-0.25, -0.2) is 0 Å². The highest BCUT2D eigenvalue weighted by atomic mass is 16.4. The molecule has 0 spiro atoms. The van der Waals surface area contributed by atoms with Gasteiger partial charge in [0.1, 0.15) is 0 Å². The molecule has 1 aromatic rings. The number of aliphatic carboxylic acids is 1. The minimum atomic E-state index is -0.786. The third-order valence-corrected chi connectivity index (χ3v) is 1.70. The predicted molar refractivity (Wildman–Crippen MR) is 62.0 cm³/mol. The molecule has 15 heavy (non-hydrogen) atoms. The minimum Gasteiger partial charge on any atom is -0.481 e. The van der Waals surface area contributed by atoms with Gasteiger partial charge in [-0.3, -0.25) is 4.79 Å². The fourth-order valence-electron chi connectivity index (χ4n) is 1.02. The largest absolute Gasteiger partial charge is 0.481 e. The van der Waals surface area contributed by atoms with Crippen LogP contribution in [0.4, 0.5) is 0 Å². The van der Waals surface area contributed by atoms with Crippen LogP contribution < -0.4 is 5.32 Å². The summed E-state index contributed by atoms with van der Waals surface area (Å²) in [5.74, 6) is -0.786. The van der Waals surface area contributed by atoms with Crippen LogP contribution in [-0.4, -0.2) is 24.2 Å². The van der Waals surface area contributed by atoms with Crippen molar-refractivity contribution in [2.24, 2.45) is 0 Å². The van der Waals surface area contributed by atoms with E-state index in [1.165, 1.54) is 0 Å². The van der Waals surface area contributed by atoms with E-state index in [-0.39, 0.29) is 6.42 Å². The maximum absolute atomic E-state index is 10.2. The summed E-state index contributed by atoms with van der Waals surface area (Å²) in [6, 6.07) is 9.13. The van der Waals surface area contributed by atoms with Gasteiger partial charge in [-0.2, -0.15) is 0 Å². The summed E-state index contributed by atoms with van der Waals surface area (Å²) in [5.41, 5.74) is 0.843. The van der Waals surface area contributed by atoms with E-state index in [2.05, 4.69) is 19.2 Å². The zero-order chi connectivity index (χ0) is 11.5. The SMILES string of the molecule is CCNCC.O=C(O)Cc1ccccc1. The van der Waals surface area contributed by atoms with Crippen molar-refractivity contribution in [3.8, 4) is 0 Å². The Hall–Kier alpha value is -1.35. The van der Waals surface area contributed by atoms with Gasteiger partial charge in [-0.15, -0.1) is 0 Å². The van der Waals surface area contributed by atoms with Crippen molar-refractivity contribution in [1.82, 2.24) is 5.32 Å². The van der Waals surface area contributed by atoms with E-state index in [4.69, 9.17) is 5.11 Å². The van der Waals surface area contributed by atoms with E-state index in [0.29, 0.717) is 0 Å². The summed E-state index contributed by atoms with van der Waals surface area (Å²) < 4.78 is 0. The summed E-state index contributed by atoms with van der Waals surface area (Å²) in [6.45, 7) is 6.39. The van der Waals surface area contributed by atoms with Crippen LogP contribution in [0.3, 0.4) is 0 Å². The van der Waals surface area contributed by atoms with Crippen molar-refractivity contribution in [3.63, 3.8) is 0 Å². The molecule has 0 bridgehead atoms. The summed E-state index contributed by atoms with van der Waals surface area (Å²) in [7, 11) is 0. The molecular formula is C12H19NO2. The molecule has 0 fully saturated rings. The molecule has 1 aromatic carbocycles. The zero-order valence-corrected chi connectivity index (χ0v) is 9.36. The monoisotopic (exact) mass is 209 g/mol. The molecule has 0 unspecified atom stereocenters.